The van der Waals surface area contributed by atoms with Gasteiger partial charge in [0.25, 0.3) is 5.56 Å². The fourth-order valence-electron chi connectivity index (χ4n) is 9.81. The number of imidazole rings is 1. The number of hydrogen-bond acceptors (Lipinski definition) is 13. The summed E-state index contributed by atoms with van der Waals surface area (Å²) >= 11 is 0. The number of barbiturate groups is 1. The molecule has 5 aliphatic rings. The molecule has 66 heavy (non-hydrogen) atoms. The molecule has 1 spiro atoms. The molecule has 2 bridgehead atoms. The van der Waals surface area contributed by atoms with Crippen LogP contribution in [0.4, 0.5) is 4.79 Å². The molecule has 2 aliphatic carbocycles. The number of aryl methyl sites for hydroxylation is 2. The molecule has 0 saturated carbocycles. The van der Waals surface area contributed by atoms with E-state index >= 15 is 0 Å². The number of aliphatic hydroxyl groups is 1. The van der Waals surface area contributed by atoms with Crippen LogP contribution in [-0.2, 0) is 52.8 Å². The number of aromatic nitrogens is 4. The molecule has 4 amide bonds. The number of esters is 1. The molecule has 5 aromatic rings. The molecule has 2 aromatic heterocycles. The number of benzene rings is 3. The smallest absolute Gasteiger partial charge is 0.339 e. The summed E-state index contributed by atoms with van der Waals surface area (Å²) in [5.41, 5.74) is 2.04. The van der Waals surface area contributed by atoms with Gasteiger partial charge >= 0.3 is 23.7 Å². The first-order chi connectivity index (χ1) is 31.4. The first-order valence-electron chi connectivity index (χ1n) is 21.2. The lowest BCUT2D eigenvalue weighted by Gasteiger charge is -2.56. The van der Waals surface area contributed by atoms with E-state index in [9.17, 15) is 38.7 Å². The van der Waals surface area contributed by atoms with Crippen LogP contribution < -0.4 is 36.1 Å². The lowest BCUT2D eigenvalue weighted by Crippen LogP contribution is -2.64. The highest BCUT2D eigenvalue weighted by Crippen LogP contribution is 2.62. The Balaban J connectivity index is 0.000000134. The highest BCUT2D eigenvalue weighted by atomic mass is 16.5. The number of rotatable bonds is 5. The maximum atomic E-state index is 12.0. The van der Waals surface area contributed by atoms with Crippen molar-refractivity contribution in [2.24, 2.45) is 27.1 Å². The SMILES string of the molecule is CC(=O)Oc1ccccc1C(=O)O.CCC1(c2ccccc2)C(=O)NC(=O)NC1=O.COc1ccc2c3c1O[C@H]1[C@@H](O)C=C[C@H]4[C@@H](C2)N(C)CC[C@@]341.Cn1c(=O)c2c(ncn2C)n(C)c1=O. The average Bonchev–Trinajstić information content (AvgIpc) is 3.86. The van der Waals surface area contributed by atoms with Crippen LogP contribution in [0, 0.1) is 5.92 Å². The molecule has 5 atom stereocenters. The fraction of sp³-hybridized carbons (Fsp3) is 0.362. The first-order valence-corrected chi connectivity index (χ1v) is 21.2. The maximum Gasteiger partial charge on any atom is 0.339 e. The van der Waals surface area contributed by atoms with Crippen molar-refractivity contribution in [2.75, 3.05) is 20.7 Å². The van der Waals surface area contributed by atoms with Crippen molar-refractivity contribution in [3.05, 3.63) is 128 Å². The van der Waals surface area contributed by atoms with Crippen molar-refractivity contribution in [3.8, 4) is 17.2 Å². The number of ether oxygens (including phenoxy) is 3. The van der Waals surface area contributed by atoms with Crippen LogP contribution in [0.3, 0.4) is 0 Å². The summed E-state index contributed by atoms with van der Waals surface area (Å²) in [6, 6.07) is 18.6. The average molecular weight is 906 g/mol. The predicted octanol–water partition coefficient (Wildman–Crippen LogP) is 2.48. The zero-order valence-corrected chi connectivity index (χ0v) is 37.4. The summed E-state index contributed by atoms with van der Waals surface area (Å²) in [5, 5.41) is 23.5. The van der Waals surface area contributed by atoms with Gasteiger partial charge in [-0.1, -0.05) is 67.6 Å². The van der Waals surface area contributed by atoms with Crippen LogP contribution in [0.1, 0.15) is 53.7 Å². The number of methoxy groups -OCH3 is 1. The predicted molar refractivity (Wildman–Crippen MR) is 238 cm³/mol. The van der Waals surface area contributed by atoms with E-state index < -0.39 is 41.3 Å². The van der Waals surface area contributed by atoms with Crippen LogP contribution in [0.2, 0.25) is 0 Å². The molecule has 5 heterocycles. The van der Waals surface area contributed by atoms with Crippen LogP contribution in [-0.4, -0.2) is 103 Å². The third kappa shape index (κ3) is 7.82. The van der Waals surface area contributed by atoms with Gasteiger partial charge in [0.05, 0.1) is 13.4 Å². The van der Waals surface area contributed by atoms with E-state index in [-0.39, 0.29) is 34.1 Å². The fourth-order valence-corrected chi connectivity index (χ4v) is 9.81. The number of nitrogens with one attached hydrogen (secondary N) is 2. The number of urea groups is 1. The number of aromatic carboxylic acids is 1. The van der Waals surface area contributed by atoms with Gasteiger partial charge < -0.3 is 33.9 Å². The molecule has 346 valence electrons. The number of carboxylic acid groups (broad SMARTS) is 1. The number of likely N-dealkylation sites (tertiary alicyclic amines) is 1. The Bertz CT molecular complexity index is 2880. The Morgan fingerprint density at radius 3 is 2.20 bits per heavy atom. The molecule has 19 heteroatoms. The largest absolute Gasteiger partial charge is 0.493 e. The zero-order chi connectivity index (χ0) is 47.8. The number of likely N-dealkylation sites (N-methyl/N-ethyl adjacent to an activating group) is 1. The highest BCUT2D eigenvalue weighted by Gasteiger charge is 2.64. The summed E-state index contributed by atoms with van der Waals surface area (Å²) in [4.78, 5) is 85.8. The summed E-state index contributed by atoms with van der Waals surface area (Å²) in [7, 11) is 8.68. The minimum atomic E-state index is -1.31. The van der Waals surface area contributed by atoms with E-state index in [4.69, 9.17) is 14.6 Å². The van der Waals surface area contributed by atoms with Gasteiger partial charge in [0.1, 0.15) is 23.5 Å². The molecule has 2 fully saturated rings. The molecule has 2 saturated heterocycles. The Hall–Kier alpha value is -7.38. The zero-order valence-electron chi connectivity index (χ0n) is 37.4. The van der Waals surface area contributed by atoms with E-state index in [0.717, 1.165) is 35.5 Å². The Morgan fingerprint density at radius 1 is 0.894 bits per heavy atom. The van der Waals surface area contributed by atoms with Gasteiger partial charge in [0, 0.05) is 51.0 Å². The van der Waals surface area contributed by atoms with Crippen molar-refractivity contribution in [1.29, 1.82) is 0 Å². The molecule has 10 rings (SSSR count). The third-order valence-electron chi connectivity index (χ3n) is 13.1. The molecule has 0 unspecified atom stereocenters. The Morgan fingerprint density at radius 2 is 1.56 bits per heavy atom. The Labute approximate surface area is 378 Å². The van der Waals surface area contributed by atoms with Crippen molar-refractivity contribution in [2.45, 2.75) is 62.2 Å². The van der Waals surface area contributed by atoms with Crippen molar-refractivity contribution < 1.29 is 48.4 Å². The van der Waals surface area contributed by atoms with Crippen LogP contribution in [0.15, 0.2) is 94.8 Å². The molecule has 3 aliphatic heterocycles. The first kappa shape index (κ1) is 46.6. The van der Waals surface area contributed by atoms with Gasteiger partial charge in [-0.2, -0.15) is 0 Å². The number of carboxylic acids is 1. The Kier molecular flexibility index (Phi) is 12.9. The molecule has 3 aromatic carbocycles. The highest BCUT2D eigenvalue weighted by molar-refractivity contribution is 6.22. The van der Waals surface area contributed by atoms with Gasteiger partial charge in [-0.05, 0) is 62.2 Å². The number of fused-ring (bicyclic) bond motifs is 1. The van der Waals surface area contributed by atoms with Crippen LogP contribution >= 0.6 is 0 Å². The summed E-state index contributed by atoms with van der Waals surface area (Å²) in [6.45, 7) is 4.01. The number of piperidine rings is 1. The van der Waals surface area contributed by atoms with Gasteiger partial charge in [0.2, 0.25) is 11.8 Å². The van der Waals surface area contributed by atoms with E-state index in [1.165, 1.54) is 48.1 Å². The van der Waals surface area contributed by atoms with E-state index in [1.54, 1.807) is 75.2 Å². The van der Waals surface area contributed by atoms with Gasteiger partial charge in [-0.15, -0.1) is 0 Å². The van der Waals surface area contributed by atoms with E-state index in [2.05, 4.69) is 44.4 Å². The molecular weight excluding hydrogens is 855 g/mol. The normalized spacial score (nSPS) is 22.6. The number of carbonyl (C=O) groups is 5. The monoisotopic (exact) mass is 905 g/mol. The topological polar surface area (TPSA) is 243 Å². The number of aliphatic hydroxyl groups excluding tert-OH is 1. The number of imide groups is 2. The summed E-state index contributed by atoms with van der Waals surface area (Å²) in [5.74, 6) is -0.625. The second kappa shape index (κ2) is 18.2. The van der Waals surface area contributed by atoms with Crippen LogP contribution in [0.5, 0.6) is 17.2 Å². The van der Waals surface area contributed by atoms with Crippen molar-refractivity contribution >= 4 is 40.9 Å². The second-order valence-corrected chi connectivity index (χ2v) is 16.6. The lowest BCUT2D eigenvalue weighted by atomic mass is 9.53. The minimum Gasteiger partial charge on any atom is -0.493 e. The molecule has 19 nitrogen and oxygen atoms in total. The number of carbonyl (C=O) groups excluding carboxylic acids is 4. The molecule has 4 N–H and O–H groups in total. The number of nitrogens with zero attached hydrogens (tertiary/aromatic N) is 5. The van der Waals surface area contributed by atoms with E-state index in [0.29, 0.717) is 35.1 Å². The summed E-state index contributed by atoms with van der Waals surface area (Å²) < 4.78 is 20.6. The lowest BCUT2D eigenvalue weighted by molar-refractivity contribution is -0.139. The molecular formula is C47H51N7O12. The standard InChI is InChI=1S/C18H21NO3.C12H12N2O3.C9H8O4.C8H10N4O2/c1-19-8-7-18-11-4-5-13(20)17(18)22-16-14(21-2)6-3-10(15(16)18)9-12(11)19;1-2-12(8-6-4-3-5-7-8)9(15)13-11(17)14-10(12)16;1-6(10)13-8-5-3-2-4-7(8)9(11)12;1-10-4-9-6-5(10)7(13)12(3)8(14)11(6)2/h3-6,11-13,17,20H,7-9H2,1-2H3;3-7H,2H2,1H3,(H2,13,14,15,16,17);2-5H,1H3,(H,11,12);4H,1-3H3/t11-,12+,13-,17-,18-;;;/m0.../s1. The number of para-hydroxylation sites is 1. The van der Waals surface area contributed by atoms with Gasteiger partial charge in [0.15, 0.2) is 28.1 Å². The van der Waals surface area contributed by atoms with Crippen LogP contribution in [0.25, 0.3) is 11.2 Å². The number of amides is 4. The summed E-state index contributed by atoms with van der Waals surface area (Å²) in [6.07, 6.45) is 7.35. The number of hydrogen-bond donors (Lipinski definition) is 4. The molecule has 0 radical (unpaired) electrons. The third-order valence-corrected chi connectivity index (χ3v) is 13.1. The second-order valence-electron chi connectivity index (χ2n) is 16.6. The quantitative estimate of drug-likeness (QED) is 0.0858. The van der Waals surface area contributed by atoms with Crippen molar-refractivity contribution in [1.82, 2.24) is 34.2 Å². The minimum absolute atomic E-state index is 0.0160. The van der Waals surface area contributed by atoms with E-state index in [1.807, 2.05) is 12.1 Å². The van der Waals surface area contributed by atoms with Gasteiger partial charge in [-0.3, -0.25) is 38.9 Å². The van der Waals surface area contributed by atoms with Gasteiger partial charge in [-0.25, -0.2) is 19.4 Å². The van der Waals surface area contributed by atoms with Crippen molar-refractivity contribution in [3.63, 3.8) is 0 Å². The maximum absolute atomic E-state index is 12.0.